The van der Waals surface area contributed by atoms with Gasteiger partial charge >= 0.3 is 0 Å². The molecule has 102 valence electrons. The molecule has 2 aliphatic heterocycles. The molecule has 2 aliphatic rings. The van der Waals surface area contributed by atoms with E-state index >= 15 is 0 Å². The van der Waals surface area contributed by atoms with Gasteiger partial charge in [-0.3, -0.25) is 14.5 Å². The van der Waals surface area contributed by atoms with Crippen LogP contribution >= 0.6 is 0 Å². The third-order valence-electron chi connectivity index (χ3n) is 4.20. The molecule has 0 spiro atoms. The highest BCUT2D eigenvalue weighted by Gasteiger charge is 2.36. The SMILES string of the molecule is CC1CN2CCCC2CN1C(=O)c1cccc(=O)[nH]1. The molecule has 1 aromatic heterocycles. The minimum atomic E-state index is -0.224. The fourth-order valence-electron chi connectivity index (χ4n) is 3.20. The van der Waals surface area contributed by atoms with Gasteiger partial charge in [0.2, 0.25) is 5.56 Å². The number of pyridine rings is 1. The van der Waals surface area contributed by atoms with Crippen LogP contribution in [-0.4, -0.2) is 52.4 Å². The van der Waals surface area contributed by atoms with E-state index in [4.69, 9.17) is 0 Å². The lowest BCUT2D eigenvalue weighted by molar-refractivity contribution is 0.0390. The summed E-state index contributed by atoms with van der Waals surface area (Å²) >= 11 is 0. The Hall–Kier alpha value is -1.62. The Labute approximate surface area is 112 Å². The predicted molar refractivity (Wildman–Crippen MR) is 72.2 cm³/mol. The molecule has 0 saturated carbocycles. The number of H-pyrrole nitrogens is 1. The molecule has 1 N–H and O–H groups in total. The van der Waals surface area contributed by atoms with Crippen LogP contribution in [-0.2, 0) is 0 Å². The topological polar surface area (TPSA) is 56.4 Å². The second kappa shape index (κ2) is 4.81. The molecule has 2 fully saturated rings. The molecule has 0 bridgehead atoms. The summed E-state index contributed by atoms with van der Waals surface area (Å²) in [7, 11) is 0. The number of carbonyl (C=O) groups is 1. The van der Waals surface area contributed by atoms with Crippen LogP contribution in [0.5, 0.6) is 0 Å². The summed E-state index contributed by atoms with van der Waals surface area (Å²) in [6, 6.07) is 5.43. The molecule has 2 saturated heterocycles. The highest BCUT2D eigenvalue weighted by molar-refractivity contribution is 5.92. The van der Waals surface area contributed by atoms with Crippen molar-refractivity contribution in [2.24, 2.45) is 0 Å². The Morgan fingerprint density at radius 2 is 2.21 bits per heavy atom. The molecule has 3 heterocycles. The number of aromatic nitrogens is 1. The third-order valence-corrected chi connectivity index (χ3v) is 4.20. The molecule has 0 aliphatic carbocycles. The maximum Gasteiger partial charge on any atom is 0.270 e. The maximum absolute atomic E-state index is 12.5. The van der Waals surface area contributed by atoms with Gasteiger partial charge in [0.15, 0.2) is 0 Å². The highest BCUT2D eigenvalue weighted by atomic mass is 16.2. The van der Waals surface area contributed by atoms with Crippen LogP contribution in [0.3, 0.4) is 0 Å². The molecule has 19 heavy (non-hydrogen) atoms. The van der Waals surface area contributed by atoms with Gasteiger partial charge in [-0.15, -0.1) is 0 Å². The van der Waals surface area contributed by atoms with Crippen molar-refractivity contribution in [3.63, 3.8) is 0 Å². The zero-order valence-electron chi connectivity index (χ0n) is 11.1. The number of piperazine rings is 1. The molecule has 5 heteroatoms. The highest BCUT2D eigenvalue weighted by Crippen LogP contribution is 2.25. The molecule has 5 nitrogen and oxygen atoms in total. The number of aromatic amines is 1. The fourth-order valence-corrected chi connectivity index (χ4v) is 3.20. The van der Waals surface area contributed by atoms with Gasteiger partial charge in [-0.05, 0) is 32.4 Å². The van der Waals surface area contributed by atoms with Gasteiger partial charge in [0.25, 0.3) is 5.91 Å². The first-order valence-corrected chi connectivity index (χ1v) is 6.89. The molecule has 2 atom stereocenters. The van der Waals surface area contributed by atoms with Crippen LogP contribution in [0.2, 0.25) is 0 Å². The number of nitrogens with zero attached hydrogens (tertiary/aromatic N) is 2. The second-order valence-electron chi connectivity index (χ2n) is 5.53. The van der Waals surface area contributed by atoms with E-state index in [-0.39, 0.29) is 17.5 Å². The zero-order valence-corrected chi connectivity index (χ0v) is 11.1. The fraction of sp³-hybridized carbons (Fsp3) is 0.571. The van der Waals surface area contributed by atoms with Crippen LogP contribution in [0.15, 0.2) is 23.0 Å². The Morgan fingerprint density at radius 3 is 3.00 bits per heavy atom. The minimum Gasteiger partial charge on any atom is -0.332 e. The summed E-state index contributed by atoms with van der Waals surface area (Å²) in [4.78, 5) is 30.8. The van der Waals surface area contributed by atoms with Gasteiger partial charge in [-0.1, -0.05) is 6.07 Å². The molecule has 1 amide bonds. The molecular weight excluding hydrogens is 242 g/mol. The lowest BCUT2D eigenvalue weighted by atomic mass is 10.1. The van der Waals surface area contributed by atoms with Crippen LogP contribution < -0.4 is 5.56 Å². The van der Waals surface area contributed by atoms with Crippen molar-refractivity contribution >= 4 is 5.91 Å². The van der Waals surface area contributed by atoms with Crippen LogP contribution in [0.25, 0.3) is 0 Å². The third kappa shape index (κ3) is 2.30. The van der Waals surface area contributed by atoms with Gasteiger partial charge in [0.05, 0.1) is 0 Å². The van der Waals surface area contributed by atoms with Crippen LogP contribution in [0.4, 0.5) is 0 Å². The van der Waals surface area contributed by atoms with Crippen molar-refractivity contribution in [3.05, 3.63) is 34.2 Å². The molecule has 0 radical (unpaired) electrons. The minimum absolute atomic E-state index is 0.0586. The lowest BCUT2D eigenvalue weighted by Crippen LogP contribution is -2.56. The molecule has 2 unspecified atom stereocenters. The molecule has 3 rings (SSSR count). The van der Waals surface area contributed by atoms with E-state index in [0.29, 0.717) is 11.7 Å². The molecule has 1 aromatic rings. The first-order chi connectivity index (χ1) is 9.15. The number of hydrogen-bond acceptors (Lipinski definition) is 3. The number of rotatable bonds is 1. The first-order valence-electron chi connectivity index (χ1n) is 6.89. The standard InChI is InChI=1S/C14H19N3O2/c1-10-8-16-7-3-4-11(16)9-17(10)14(19)12-5-2-6-13(18)15-12/h2,5-6,10-11H,3-4,7-9H2,1H3,(H,15,18). The van der Waals surface area contributed by atoms with Crippen molar-refractivity contribution in [2.75, 3.05) is 19.6 Å². The molecule has 0 aromatic carbocycles. The van der Waals surface area contributed by atoms with Crippen molar-refractivity contribution in [1.82, 2.24) is 14.8 Å². The van der Waals surface area contributed by atoms with Crippen molar-refractivity contribution < 1.29 is 4.79 Å². The number of carbonyl (C=O) groups excluding carboxylic acids is 1. The maximum atomic E-state index is 12.5. The van der Waals surface area contributed by atoms with E-state index < -0.39 is 0 Å². The van der Waals surface area contributed by atoms with E-state index in [1.807, 2.05) is 4.90 Å². The predicted octanol–water partition coefficient (Wildman–Crippen LogP) is 0.684. The number of fused-ring (bicyclic) bond motifs is 1. The van der Waals surface area contributed by atoms with Gasteiger partial charge in [0, 0.05) is 31.2 Å². The van der Waals surface area contributed by atoms with Gasteiger partial charge < -0.3 is 9.88 Å². The summed E-state index contributed by atoms with van der Waals surface area (Å²) in [5.41, 5.74) is 0.170. The Balaban J connectivity index is 1.81. The summed E-state index contributed by atoms with van der Waals surface area (Å²) in [6.07, 6.45) is 2.39. The summed E-state index contributed by atoms with van der Waals surface area (Å²) in [5, 5.41) is 0. The van der Waals surface area contributed by atoms with Crippen molar-refractivity contribution in [3.8, 4) is 0 Å². The van der Waals surface area contributed by atoms with Crippen LogP contribution in [0.1, 0.15) is 30.3 Å². The smallest absolute Gasteiger partial charge is 0.270 e. The number of hydrogen-bond donors (Lipinski definition) is 1. The van der Waals surface area contributed by atoms with Gasteiger partial charge in [-0.2, -0.15) is 0 Å². The normalized spacial score (nSPS) is 27.3. The monoisotopic (exact) mass is 261 g/mol. The van der Waals surface area contributed by atoms with Crippen LogP contribution in [0, 0.1) is 0 Å². The van der Waals surface area contributed by atoms with E-state index in [2.05, 4.69) is 16.8 Å². The van der Waals surface area contributed by atoms with Crippen molar-refractivity contribution in [2.45, 2.75) is 31.8 Å². The van der Waals surface area contributed by atoms with E-state index in [9.17, 15) is 9.59 Å². The van der Waals surface area contributed by atoms with Crippen molar-refractivity contribution in [1.29, 1.82) is 0 Å². The lowest BCUT2D eigenvalue weighted by Gasteiger charge is -2.42. The largest absolute Gasteiger partial charge is 0.332 e. The summed E-state index contributed by atoms with van der Waals surface area (Å²) in [6.45, 7) is 4.94. The summed E-state index contributed by atoms with van der Waals surface area (Å²) < 4.78 is 0. The quantitative estimate of drug-likeness (QED) is 0.809. The first kappa shape index (κ1) is 12.4. The second-order valence-corrected chi connectivity index (χ2v) is 5.53. The average molecular weight is 261 g/mol. The Bertz CT molecular complexity index is 539. The number of nitrogens with one attached hydrogen (secondary N) is 1. The van der Waals surface area contributed by atoms with E-state index in [1.54, 1.807) is 12.1 Å². The zero-order chi connectivity index (χ0) is 13.4. The molecular formula is C14H19N3O2. The Morgan fingerprint density at radius 1 is 1.37 bits per heavy atom. The van der Waals surface area contributed by atoms with Gasteiger partial charge in [-0.25, -0.2) is 0 Å². The van der Waals surface area contributed by atoms with E-state index in [0.717, 1.165) is 19.6 Å². The van der Waals surface area contributed by atoms with E-state index in [1.165, 1.54) is 18.9 Å². The average Bonchev–Trinajstić information content (AvgIpc) is 2.84. The Kier molecular flexibility index (Phi) is 3.14. The summed E-state index contributed by atoms with van der Waals surface area (Å²) in [5.74, 6) is -0.0586. The number of amides is 1. The van der Waals surface area contributed by atoms with Gasteiger partial charge in [0.1, 0.15) is 5.69 Å².